The number of rotatable bonds is 0. The number of carbonyl (C=O) groups is 1. The van der Waals surface area contributed by atoms with E-state index in [1.165, 1.54) is 0 Å². The van der Waals surface area contributed by atoms with Crippen molar-refractivity contribution in [1.82, 2.24) is 0 Å². The van der Waals surface area contributed by atoms with E-state index in [-0.39, 0.29) is 47.4 Å². The van der Waals surface area contributed by atoms with Crippen molar-refractivity contribution in [2.24, 2.45) is 34.0 Å². The summed E-state index contributed by atoms with van der Waals surface area (Å²) in [6.07, 6.45) is 0.0438. The second-order valence-corrected chi connectivity index (χ2v) is 10.1. The molecule has 3 aliphatic heterocycles. The molecule has 6 fully saturated rings. The first kappa shape index (κ1) is 16.0. The zero-order valence-corrected chi connectivity index (χ0v) is 15.2. The Morgan fingerprint density at radius 3 is 2.73 bits per heavy atom. The van der Waals surface area contributed by atoms with Crippen LogP contribution in [0, 0.1) is 34.0 Å². The van der Waals surface area contributed by atoms with Crippen molar-refractivity contribution >= 4 is 5.97 Å². The minimum atomic E-state index is -1.00. The number of hydrogen-bond acceptors (Lipinski definition) is 6. The highest BCUT2D eigenvalue weighted by Crippen LogP contribution is 2.75. The molecule has 0 unspecified atom stereocenters. The molecule has 3 heterocycles. The molecule has 0 radical (unpaired) electrons. The number of aliphatic hydroxyl groups excluding tert-OH is 2. The van der Waals surface area contributed by atoms with E-state index in [4.69, 9.17) is 14.2 Å². The predicted molar refractivity (Wildman–Crippen MR) is 88.6 cm³/mol. The Hall–Kier alpha value is -0.950. The van der Waals surface area contributed by atoms with Gasteiger partial charge in [-0.3, -0.25) is 4.79 Å². The van der Waals surface area contributed by atoms with Gasteiger partial charge in [0.2, 0.25) is 0 Å². The number of ether oxygens (including phenoxy) is 3. The molecule has 2 bridgehead atoms. The molecule has 0 aromatic rings. The van der Waals surface area contributed by atoms with Crippen LogP contribution < -0.4 is 0 Å². The van der Waals surface area contributed by atoms with Gasteiger partial charge in [-0.15, -0.1) is 0 Å². The summed E-state index contributed by atoms with van der Waals surface area (Å²) in [6, 6.07) is 0. The summed E-state index contributed by atoms with van der Waals surface area (Å²) in [5, 5.41) is 21.9. The van der Waals surface area contributed by atoms with Gasteiger partial charge in [0.15, 0.2) is 6.29 Å². The molecule has 6 aliphatic rings. The van der Waals surface area contributed by atoms with E-state index in [9.17, 15) is 15.0 Å². The van der Waals surface area contributed by atoms with E-state index < -0.39 is 23.2 Å². The fourth-order valence-corrected chi connectivity index (χ4v) is 7.80. The predicted octanol–water partition coefficient (Wildman–Crippen LogP) is 1.00. The zero-order chi connectivity index (χ0) is 18.2. The molecule has 3 aliphatic carbocycles. The number of carbonyl (C=O) groups excluding carboxylic acids is 1. The van der Waals surface area contributed by atoms with Crippen LogP contribution in [0.15, 0.2) is 12.2 Å². The van der Waals surface area contributed by atoms with Crippen LogP contribution >= 0.6 is 0 Å². The summed E-state index contributed by atoms with van der Waals surface area (Å²) < 4.78 is 17.9. The van der Waals surface area contributed by atoms with Crippen molar-refractivity contribution in [3.63, 3.8) is 0 Å². The molecule has 0 aromatic heterocycles. The molecule has 6 rings (SSSR count). The lowest BCUT2D eigenvalue weighted by Crippen LogP contribution is -2.70. The summed E-state index contributed by atoms with van der Waals surface area (Å²) in [5.74, 6) is -0.623. The number of aliphatic hydroxyl groups is 2. The van der Waals surface area contributed by atoms with Crippen LogP contribution in [0.3, 0.4) is 0 Å². The minimum Gasteiger partial charge on any atom is -0.461 e. The highest BCUT2D eigenvalue weighted by atomic mass is 16.6. The van der Waals surface area contributed by atoms with Gasteiger partial charge in [0.1, 0.15) is 11.5 Å². The van der Waals surface area contributed by atoms with Crippen LogP contribution in [0.25, 0.3) is 0 Å². The molecule has 10 atom stereocenters. The average molecular weight is 362 g/mol. The third-order valence-electron chi connectivity index (χ3n) is 8.78. The zero-order valence-electron chi connectivity index (χ0n) is 15.2. The van der Waals surface area contributed by atoms with E-state index in [0.29, 0.717) is 18.6 Å². The van der Waals surface area contributed by atoms with Crippen molar-refractivity contribution < 1.29 is 29.2 Å². The molecule has 0 amide bonds. The maximum Gasteiger partial charge on any atom is 0.315 e. The van der Waals surface area contributed by atoms with E-state index in [2.05, 4.69) is 20.4 Å². The molecule has 6 nitrogen and oxygen atoms in total. The largest absolute Gasteiger partial charge is 0.461 e. The molecule has 2 N–H and O–H groups in total. The summed E-state index contributed by atoms with van der Waals surface area (Å²) in [7, 11) is 0. The van der Waals surface area contributed by atoms with E-state index in [0.717, 1.165) is 12.8 Å². The molecule has 2 spiro atoms. The van der Waals surface area contributed by atoms with Gasteiger partial charge in [-0.25, -0.2) is 0 Å². The third-order valence-corrected chi connectivity index (χ3v) is 8.78. The molecule has 6 heteroatoms. The number of epoxide rings is 1. The van der Waals surface area contributed by atoms with Crippen molar-refractivity contribution in [2.75, 3.05) is 6.61 Å². The van der Waals surface area contributed by atoms with Gasteiger partial charge in [-0.2, -0.15) is 0 Å². The standard InChI is InChI=1S/C20H26O6/c1-8-9-6-19(15(8)21)13(12-11(9)26-12)20-7-24-16(22)14(20)18(2,3)5-4-10(20)25-17(19)23/h9-16,21-22H,1,4-7H2,2-3H3/t9-,10+,11-,12-,13-,14-,15-,16-,19+,20+/m1/s1. The van der Waals surface area contributed by atoms with Crippen molar-refractivity contribution in [1.29, 1.82) is 0 Å². The quantitative estimate of drug-likeness (QED) is 0.380. The topological polar surface area (TPSA) is 88.5 Å². The van der Waals surface area contributed by atoms with Crippen molar-refractivity contribution in [3.05, 3.63) is 12.2 Å². The summed E-state index contributed by atoms with van der Waals surface area (Å²) in [5.41, 5.74) is -0.947. The van der Waals surface area contributed by atoms with Gasteiger partial charge in [0, 0.05) is 23.2 Å². The van der Waals surface area contributed by atoms with Crippen molar-refractivity contribution in [2.45, 2.75) is 63.8 Å². The molecule has 0 aromatic carbocycles. The highest BCUT2D eigenvalue weighted by Gasteiger charge is 2.83. The monoisotopic (exact) mass is 362 g/mol. The van der Waals surface area contributed by atoms with Crippen LogP contribution in [-0.4, -0.2) is 53.5 Å². The van der Waals surface area contributed by atoms with Crippen LogP contribution in [-0.2, 0) is 19.0 Å². The molecule has 3 saturated heterocycles. The SMILES string of the molecule is C=C1[C@H]2C[C@@]3(C(=O)O[C@H]4CCC(C)(C)[C@H]5[C@H](O)OC[C@@]45[C@@H]3[C@@H]3O[C@@H]32)[C@@H]1O. The van der Waals surface area contributed by atoms with Crippen LogP contribution in [0.1, 0.15) is 33.1 Å². The Bertz CT molecular complexity index is 732. The van der Waals surface area contributed by atoms with Gasteiger partial charge >= 0.3 is 5.97 Å². The smallest absolute Gasteiger partial charge is 0.315 e. The lowest BCUT2D eigenvalue weighted by atomic mass is 9.44. The first-order chi connectivity index (χ1) is 12.2. The Kier molecular flexibility index (Phi) is 2.70. The van der Waals surface area contributed by atoms with E-state index in [1.807, 2.05) is 0 Å². The average Bonchev–Trinajstić information content (AvgIpc) is 3.25. The van der Waals surface area contributed by atoms with Crippen LogP contribution in [0.5, 0.6) is 0 Å². The normalized spacial score (nSPS) is 61.2. The van der Waals surface area contributed by atoms with Gasteiger partial charge in [-0.05, 0) is 30.3 Å². The number of hydrogen-bond donors (Lipinski definition) is 2. The van der Waals surface area contributed by atoms with E-state index in [1.54, 1.807) is 0 Å². The Morgan fingerprint density at radius 2 is 1.96 bits per heavy atom. The molecular weight excluding hydrogens is 336 g/mol. The first-order valence-corrected chi connectivity index (χ1v) is 9.78. The maximum absolute atomic E-state index is 13.2. The highest BCUT2D eigenvalue weighted by molar-refractivity contribution is 5.82. The minimum absolute atomic E-state index is 0.0223. The van der Waals surface area contributed by atoms with Gasteiger partial charge in [0.05, 0.1) is 24.9 Å². The van der Waals surface area contributed by atoms with Crippen LogP contribution in [0.2, 0.25) is 0 Å². The maximum atomic E-state index is 13.2. The van der Waals surface area contributed by atoms with Gasteiger partial charge in [-0.1, -0.05) is 20.4 Å². The number of esters is 1. The van der Waals surface area contributed by atoms with Gasteiger partial charge < -0.3 is 24.4 Å². The summed E-state index contributed by atoms with van der Waals surface area (Å²) >= 11 is 0. The Balaban J connectivity index is 1.59. The Labute approximate surface area is 152 Å². The fourth-order valence-electron chi connectivity index (χ4n) is 7.80. The molecular formula is C20H26O6. The van der Waals surface area contributed by atoms with Crippen molar-refractivity contribution in [3.8, 4) is 0 Å². The molecule has 142 valence electrons. The molecule has 3 saturated carbocycles. The lowest BCUT2D eigenvalue weighted by Gasteiger charge is -2.62. The number of fused-ring (bicyclic) bond motifs is 4. The fraction of sp³-hybridized carbons (Fsp3) is 0.850. The molecule has 26 heavy (non-hydrogen) atoms. The third kappa shape index (κ3) is 1.45. The first-order valence-electron chi connectivity index (χ1n) is 9.78. The Morgan fingerprint density at radius 1 is 1.19 bits per heavy atom. The van der Waals surface area contributed by atoms with Gasteiger partial charge in [0.25, 0.3) is 0 Å². The van der Waals surface area contributed by atoms with Crippen LogP contribution in [0.4, 0.5) is 0 Å². The summed E-state index contributed by atoms with van der Waals surface area (Å²) in [6.45, 7) is 8.77. The van der Waals surface area contributed by atoms with E-state index >= 15 is 0 Å². The summed E-state index contributed by atoms with van der Waals surface area (Å²) in [4.78, 5) is 13.2. The second-order valence-electron chi connectivity index (χ2n) is 10.1. The lowest BCUT2D eigenvalue weighted by molar-refractivity contribution is -0.248. The second kappa shape index (κ2) is 4.37.